The van der Waals surface area contributed by atoms with E-state index >= 15 is 0 Å². The maximum Gasteiger partial charge on any atom is 0.407 e. The van der Waals surface area contributed by atoms with Crippen molar-refractivity contribution >= 4 is 28.9 Å². The van der Waals surface area contributed by atoms with Gasteiger partial charge < -0.3 is 29.2 Å². The molecule has 10 nitrogen and oxygen atoms in total. The molecule has 1 saturated heterocycles. The Balaban J connectivity index is 1.25. The Morgan fingerprint density at radius 1 is 1.00 bits per heavy atom. The maximum absolute atomic E-state index is 14.3. The van der Waals surface area contributed by atoms with Crippen molar-refractivity contribution < 1.29 is 33.4 Å². The minimum atomic E-state index is -1.12. The van der Waals surface area contributed by atoms with Gasteiger partial charge in [0.05, 0.1) is 12.1 Å². The summed E-state index contributed by atoms with van der Waals surface area (Å²) in [7, 11) is 0. The predicted octanol–water partition coefficient (Wildman–Crippen LogP) is 7.72. The number of carbonyl (C=O) groups is 3. The summed E-state index contributed by atoms with van der Waals surface area (Å²) >= 11 is 0. The molecule has 2 N–H and O–H groups in total. The summed E-state index contributed by atoms with van der Waals surface area (Å²) in [6, 6.07) is 16.8. The van der Waals surface area contributed by atoms with Crippen molar-refractivity contribution in [2.45, 2.75) is 128 Å². The van der Waals surface area contributed by atoms with Gasteiger partial charge in [0, 0.05) is 44.9 Å². The van der Waals surface area contributed by atoms with E-state index in [1.165, 1.54) is 37.7 Å². The number of aliphatic hydroxyl groups excluding tert-OH is 1. The number of aromatic nitrogens is 1. The van der Waals surface area contributed by atoms with Crippen LogP contribution < -0.4 is 5.32 Å². The summed E-state index contributed by atoms with van der Waals surface area (Å²) in [6.45, 7) is 6.92. The summed E-state index contributed by atoms with van der Waals surface area (Å²) in [5, 5.41) is 14.4. The molecule has 2 heterocycles. The number of hydrogen-bond donors (Lipinski definition) is 2. The third kappa shape index (κ3) is 11.9. The van der Waals surface area contributed by atoms with Crippen molar-refractivity contribution in [2.24, 2.45) is 11.8 Å². The number of para-hydroxylation sites is 2. The number of Topliss-reactive ketones (excluding diaryl/α,β-unsaturated/α-hetero) is 1. The van der Waals surface area contributed by atoms with Crippen LogP contribution >= 0.6 is 0 Å². The average molecular weight is 704 g/mol. The predicted molar refractivity (Wildman–Crippen MR) is 196 cm³/mol. The lowest BCUT2D eigenvalue weighted by Gasteiger charge is -2.26. The lowest BCUT2D eigenvalue weighted by atomic mass is 9.88. The number of ether oxygens (including phenoxy) is 2. The molecule has 10 heteroatoms. The molecule has 3 aromatic rings. The van der Waals surface area contributed by atoms with E-state index < -0.39 is 29.8 Å². The fraction of sp³-hybridized carbons (Fsp3) is 0.610. The molecule has 5 rings (SSSR count). The first-order chi connectivity index (χ1) is 24.6. The molecule has 2 aliphatic rings. The number of hydrogen-bond acceptors (Lipinski definition) is 8. The highest BCUT2D eigenvalue weighted by Gasteiger charge is 2.41. The molecule has 4 atom stereocenters. The standard InChI is InChI=1S/C41H57N3O7/c1-41(2,3)51-40(48)42-24-13-12-20-31(38(47)39-43-33-21-10-11-22-36(33)50-39)25-35(45)34-26-32(49-28-30-17-8-5-9-18-30)27-44(34)37(46)23-14-19-29-15-6-4-7-16-29/h4,6-7,10-11,15-16,21-22,30-32,34,38,47H,5,8-9,12-14,17-20,23-28H2,1-3H3,(H,42,48)/t31-,32-,34+,38?/m1/s1. The van der Waals surface area contributed by atoms with Gasteiger partial charge in [0.1, 0.15) is 17.2 Å². The van der Waals surface area contributed by atoms with Gasteiger partial charge in [-0.3, -0.25) is 9.59 Å². The van der Waals surface area contributed by atoms with E-state index in [4.69, 9.17) is 13.9 Å². The van der Waals surface area contributed by atoms with Crippen LogP contribution in [0.3, 0.4) is 0 Å². The zero-order valence-electron chi connectivity index (χ0n) is 30.7. The molecule has 0 radical (unpaired) electrons. The molecular formula is C41H57N3O7. The summed E-state index contributed by atoms with van der Waals surface area (Å²) in [6.07, 6.45) is 8.43. The van der Waals surface area contributed by atoms with Crippen LogP contribution in [0.25, 0.3) is 11.1 Å². The number of unbranched alkanes of at least 4 members (excludes halogenated alkanes) is 1. The number of amides is 2. The number of alkyl carbamates (subject to hydrolysis) is 1. The summed E-state index contributed by atoms with van der Waals surface area (Å²) < 4.78 is 17.7. The molecule has 1 unspecified atom stereocenters. The monoisotopic (exact) mass is 703 g/mol. The molecule has 1 saturated carbocycles. The van der Waals surface area contributed by atoms with E-state index in [2.05, 4.69) is 22.4 Å². The van der Waals surface area contributed by atoms with E-state index in [0.29, 0.717) is 75.2 Å². The molecule has 2 aromatic carbocycles. The third-order valence-corrected chi connectivity index (χ3v) is 10.1. The number of fused-ring (bicyclic) bond motifs is 1. The van der Waals surface area contributed by atoms with Gasteiger partial charge in [-0.25, -0.2) is 9.78 Å². The van der Waals surface area contributed by atoms with Gasteiger partial charge in [0.15, 0.2) is 11.4 Å². The highest BCUT2D eigenvalue weighted by Crippen LogP contribution is 2.34. The quantitative estimate of drug-likeness (QED) is 0.137. The number of rotatable bonds is 17. The zero-order valence-corrected chi connectivity index (χ0v) is 30.7. The van der Waals surface area contributed by atoms with Crippen LogP contribution in [0.4, 0.5) is 4.79 Å². The van der Waals surface area contributed by atoms with Crippen molar-refractivity contribution in [3.05, 3.63) is 66.1 Å². The van der Waals surface area contributed by atoms with Crippen LogP contribution in [0.1, 0.15) is 115 Å². The number of aliphatic hydroxyl groups is 1. The van der Waals surface area contributed by atoms with Gasteiger partial charge in [0.25, 0.3) is 0 Å². The second kappa shape index (κ2) is 18.6. The molecule has 51 heavy (non-hydrogen) atoms. The second-order valence-electron chi connectivity index (χ2n) is 15.4. The van der Waals surface area contributed by atoms with Gasteiger partial charge in [-0.2, -0.15) is 0 Å². The molecule has 2 amide bonds. The molecule has 278 valence electrons. The highest BCUT2D eigenvalue weighted by atomic mass is 16.6. The molecule has 1 aliphatic heterocycles. The minimum absolute atomic E-state index is 0.0303. The van der Waals surface area contributed by atoms with Crippen molar-refractivity contribution in [3.63, 3.8) is 0 Å². The number of aryl methyl sites for hydroxylation is 1. The normalized spacial score (nSPS) is 19.6. The van der Waals surface area contributed by atoms with Crippen LogP contribution in [0, 0.1) is 11.8 Å². The Hall–Kier alpha value is -3.76. The number of benzene rings is 2. The maximum atomic E-state index is 14.3. The average Bonchev–Trinajstić information content (AvgIpc) is 3.75. The van der Waals surface area contributed by atoms with Gasteiger partial charge in [0.2, 0.25) is 11.8 Å². The van der Waals surface area contributed by atoms with Gasteiger partial charge >= 0.3 is 6.09 Å². The van der Waals surface area contributed by atoms with Crippen LogP contribution in [-0.2, 0) is 25.5 Å². The first kappa shape index (κ1) is 38.5. The summed E-state index contributed by atoms with van der Waals surface area (Å²) in [4.78, 5) is 46.4. The van der Waals surface area contributed by atoms with E-state index in [1.807, 2.05) is 57.2 Å². The number of ketones is 1. The lowest BCUT2D eigenvalue weighted by molar-refractivity contribution is -0.138. The number of likely N-dealkylation sites (tertiary alicyclic amines) is 1. The number of oxazole rings is 1. The molecule has 2 fully saturated rings. The third-order valence-electron chi connectivity index (χ3n) is 10.1. The van der Waals surface area contributed by atoms with Crippen LogP contribution in [0.15, 0.2) is 59.0 Å². The molecule has 1 aliphatic carbocycles. The van der Waals surface area contributed by atoms with E-state index in [1.54, 1.807) is 11.0 Å². The van der Waals surface area contributed by atoms with Gasteiger partial charge in [-0.05, 0) is 82.9 Å². The summed E-state index contributed by atoms with van der Waals surface area (Å²) in [5.41, 5.74) is 1.81. The van der Waals surface area contributed by atoms with Crippen molar-refractivity contribution in [2.75, 3.05) is 19.7 Å². The number of carbonyl (C=O) groups excluding carboxylic acids is 3. The smallest absolute Gasteiger partial charge is 0.407 e. The Kier molecular flexibility index (Phi) is 14.1. The Morgan fingerprint density at radius 2 is 1.75 bits per heavy atom. The van der Waals surface area contributed by atoms with Crippen LogP contribution in [0.5, 0.6) is 0 Å². The van der Waals surface area contributed by atoms with Crippen molar-refractivity contribution in [3.8, 4) is 0 Å². The van der Waals surface area contributed by atoms with Crippen molar-refractivity contribution in [1.82, 2.24) is 15.2 Å². The van der Waals surface area contributed by atoms with Crippen LogP contribution in [0.2, 0.25) is 0 Å². The lowest BCUT2D eigenvalue weighted by Crippen LogP contribution is -2.41. The van der Waals surface area contributed by atoms with Crippen LogP contribution in [-0.4, -0.2) is 70.2 Å². The summed E-state index contributed by atoms with van der Waals surface area (Å²) in [5.74, 6) is 0.0999. The number of nitrogens with one attached hydrogen (secondary N) is 1. The zero-order chi connectivity index (χ0) is 36.2. The van der Waals surface area contributed by atoms with Crippen molar-refractivity contribution in [1.29, 1.82) is 0 Å². The molecule has 0 spiro atoms. The fourth-order valence-electron chi connectivity index (χ4n) is 7.38. The first-order valence-electron chi connectivity index (χ1n) is 19.0. The second-order valence-corrected chi connectivity index (χ2v) is 15.4. The largest absolute Gasteiger partial charge is 0.444 e. The Labute approximate surface area is 302 Å². The molecule has 1 aromatic heterocycles. The highest BCUT2D eigenvalue weighted by molar-refractivity contribution is 5.90. The molecule has 0 bridgehead atoms. The SMILES string of the molecule is CC(C)(C)OC(=O)NCCCC[C@H](CC(=O)[C@@H]1C[C@@H](OCC2CCCCC2)CN1C(=O)CCCc1ccccc1)C(O)c1nc2ccccc2o1. The minimum Gasteiger partial charge on any atom is -0.444 e. The first-order valence-corrected chi connectivity index (χ1v) is 19.0. The van der Waals surface area contributed by atoms with E-state index in [9.17, 15) is 19.5 Å². The molecular weight excluding hydrogens is 646 g/mol. The van der Waals surface area contributed by atoms with Gasteiger partial charge in [-0.1, -0.05) is 68.1 Å². The van der Waals surface area contributed by atoms with E-state index in [-0.39, 0.29) is 30.1 Å². The Bertz CT molecular complexity index is 1510. The number of nitrogens with zero attached hydrogens (tertiary/aromatic N) is 2. The van der Waals surface area contributed by atoms with Gasteiger partial charge in [-0.15, -0.1) is 0 Å². The fourth-order valence-corrected chi connectivity index (χ4v) is 7.38. The Morgan fingerprint density at radius 3 is 2.49 bits per heavy atom. The van der Waals surface area contributed by atoms with E-state index in [0.717, 1.165) is 6.42 Å². The topological polar surface area (TPSA) is 131 Å².